The maximum Gasteiger partial charge on any atom is 0.213 e. The lowest BCUT2D eigenvalue weighted by Gasteiger charge is -2.16. The molecule has 0 unspecified atom stereocenters. The second-order valence-electron chi connectivity index (χ2n) is 5.84. The van der Waals surface area contributed by atoms with Crippen molar-refractivity contribution in [1.82, 2.24) is 10.0 Å². The SMILES string of the molecule is COc1ccc(C[C@@H](C)NCCS(=O)(=O)NC(C)C)cc1OC. The minimum absolute atomic E-state index is 0.0709. The molecule has 0 aromatic heterocycles. The van der Waals surface area contributed by atoms with E-state index in [0.717, 1.165) is 12.0 Å². The molecule has 0 saturated heterocycles. The number of hydrogen-bond acceptors (Lipinski definition) is 5. The van der Waals surface area contributed by atoms with Crippen molar-refractivity contribution in [2.75, 3.05) is 26.5 Å². The van der Waals surface area contributed by atoms with Crippen molar-refractivity contribution in [2.24, 2.45) is 0 Å². The highest BCUT2D eigenvalue weighted by molar-refractivity contribution is 7.89. The Balaban J connectivity index is 2.49. The van der Waals surface area contributed by atoms with Gasteiger partial charge in [0.15, 0.2) is 11.5 Å². The monoisotopic (exact) mass is 344 g/mol. The molecule has 132 valence electrons. The zero-order chi connectivity index (χ0) is 17.5. The third kappa shape index (κ3) is 7.20. The van der Waals surface area contributed by atoms with Crippen LogP contribution < -0.4 is 19.5 Å². The lowest BCUT2D eigenvalue weighted by Crippen LogP contribution is -2.38. The van der Waals surface area contributed by atoms with Gasteiger partial charge in [0.1, 0.15) is 0 Å². The van der Waals surface area contributed by atoms with E-state index in [9.17, 15) is 8.42 Å². The summed E-state index contributed by atoms with van der Waals surface area (Å²) in [6, 6.07) is 5.87. The van der Waals surface area contributed by atoms with Gasteiger partial charge in [0.25, 0.3) is 0 Å². The van der Waals surface area contributed by atoms with Gasteiger partial charge in [-0.3, -0.25) is 0 Å². The molecular formula is C16H28N2O4S. The number of ether oxygens (including phenoxy) is 2. The minimum Gasteiger partial charge on any atom is -0.493 e. The van der Waals surface area contributed by atoms with Crippen molar-refractivity contribution < 1.29 is 17.9 Å². The molecule has 1 atom stereocenters. The fraction of sp³-hybridized carbons (Fsp3) is 0.625. The maximum atomic E-state index is 11.8. The molecule has 0 aliphatic carbocycles. The van der Waals surface area contributed by atoms with Crippen molar-refractivity contribution >= 4 is 10.0 Å². The van der Waals surface area contributed by atoms with Crippen molar-refractivity contribution in [1.29, 1.82) is 0 Å². The summed E-state index contributed by atoms with van der Waals surface area (Å²) in [6.07, 6.45) is 0.776. The maximum absolute atomic E-state index is 11.8. The number of rotatable bonds is 10. The Kier molecular flexibility index (Phi) is 7.81. The van der Waals surface area contributed by atoms with Gasteiger partial charge in [0.05, 0.1) is 20.0 Å². The van der Waals surface area contributed by atoms with E-state index in [-0.39, 0.29) is 17.8 Å². The normalized spacial score (nSPS) is 13.1. The highest BCUT2D eigenvalue weighted by Gasteiger charge is 2.13. The highest BCUT2D eigenvalue weighted by Crippen LogP contribution is 2.27. The second-order valence-corrected chi connectivity index (χ2v) is 7.71. The van der Waals surface area contributed by atoms with Crippen molar-refractivity contribution in [2.45, 2.75) is 39.3 Å². The van der Waals surface area contributed by atoms with Gasteiger partial charge in [0.2, 0.25) is 10.0 Å². The van der Waals surface area contributed by atoms with Gasteiger partial charge in [-0.2, -0.15) is 0 Å². The first-order chi connectivity index (χ1) is 10.8. The molecule has 7 heteroatoms. The zero-order valence-corrected chi connectivity index (χ0v) is 15.4. The van der Waals surface area contributed by atoms with Crippen LogP contribution in [-0.4, -0.2) is 47.0 Å². The quantitative estimate of drug-likeness (QED) is 0.673. The van der Waals surface area contributed by atoms with Gasteiger partial charge >= 0.3 is 0 Å². The predicted molar refractivity (Wildman–Crippen MR) is 92.8 cm³/mol. The summed E-state index contributed by atoms with van der Waals surface area (Å²) in [7, 11) is -0.00653. The Hall–Kier alpha value is -1.31. The van der Waals surface area contributed by atoms with Crippen LogP contribution in [0, 0.1) is 0 Å². The van der Waals surface area contributed by atoms with E-state index in [1.165, 1.54) is 0 Å². The largest absolute Gasteiger partial charge is 0.493 e. The van der Waals surface area contributed by atoms with Crippen LogP contribution in [0.5, 0.6) is 11.5 Å². The van der Waals surface area contributed by atoms with Gasteiger partial charge in [-0.25, -0.2) is 13.1 Å². The molecule has 0 amide bonds. The number of benzene rings is 1. The van der Waals surface area contributed by atoms with E-state index in [1.54, 1.807) is 14.2 Å². The van der Waals surface area contributed by atoms with Crippen LogP contribution in [0.1, 0.15) is 26.3 Å². The smallest absolute Gasteiger partial charge is 0.213 e. The highest BCUT2D eigenvalue weighted by atomic mass is 32.2. The summed E-state index contributed by atoms with van der Waals surface area (Å²) in [5.74, 6) is 1.46. The molecule has 0 aliphatic heterocycles. The molecule has 0 fully saturated rings. The summed E-state index contributed by atoms with van der Waals surface area (Å²) < 4.78 is 36.6. The molecule has 6 nitrogen and oxygen atoms in total. The van der Waals surface area contributed by atoms with E-state index in [0.29, 0.717) is 18.0 Å². The Bertz CT molecular complexity index is 588. The van der Waals surface area contributed by atoms with Crippen LogP contribution >= 0.6 is 0 Å². The van der Waals surface area contributed by atoms with Crippen LogP contribution in [0.3, 0.4) is 0 Å². The molecule has 1 aromatic rings. The molecule has 0 radical (unpaired) electrons. The Labute approximate surface area is 139 Å². The molecule has 0 aliphatic rings. The van der Waals surface area contributed by atoms with Crippen LogP contribution in [0.25, 0.3) is 0 Å². The lowest BCUT2D eigenvalue weighted by molar-refractivity contribution is 0.354. The predicted octanol–water partition coefficient (Wildman–Crippen LogP) is 1.55. The van der Waals surface area contributed by atoms with Gasteiger partial charge in [-0.15, -0.1) is 0 Å². The van der Waals surface area contributed by atoms with Crippen LogP contribution in [0.4, 0.5) is 0 Å². The molecule has 1 rings (SSSR count). The number of methoxy groups -OCH3 is 2. The fourth-order valence-corrected chi connectivity index (χ4v) is 3.51. The zero-order valence-electron chi connectivity index (χ0n) is 14.5. The van der Waals surface area contributed by atoms with Crippen molar-refractivity contribution in [3.8, 4) is 11.5 Å². The number of nitrogens with one attached hydrogen (secondary N) is 2. The molecule has 0 spiro atoms. The Morgan fingerprint density at radius 2 is 1.74 bits per heavy atom. The number of hydrogen-bond donors (Lipinski definition) is 2. The van der Waals surface area contributed by atoms with Gasteiger partial charge in [-0.1, -0.05) is 6.07 Å². The van der Waals surface area contributed by atoms with Crippen molar-refractivity contribution in [3.05, 3.63) is 23.8 Å². The van der Waals surface area contributed by atoms with E-state index in [4.69, 9.17) is 9.47 Å². The summed E-state index contributed by atoms with van der Waals surface area (Å²) >= 11 is 0. The molecule has 23 heavy (non-hydrogen) atoms. The molecule has 0 heterocycles. The van der Waals surface area contributed by atoms with E-state index < -0.39 is 10.0 Å². The summed E-state index contributed by atoms with van der Waals surface area (Å²) in [4.78, 5) is 0. The third-order valence-electron chi connectivity index (χ3n) is 3.27. The first kappa shape index (κ1) is 19.7. The van der Waals surface area contributed by atoms with Crippen molar-refractivity contribution in [3.63, 3.8) is 0 Å². The second kappa shape index (κ2) is 9.10. The molecule has 0 bridgehead atoms. The molecular weight excluding hydrogens is 316 g/mol. The average molecular weight is 344 g/mol. The topological polar surface area (TPSA) is 76.7 Å². The van der Waals surface area contributed by atoms with E-state index >= 15 is 0 Å². The standard InChI is InChI=1S/C16H28N2O4S/c1-12(2)18-23(19,20)9-8-17-13(3)10-14-6-7-15(21-4)16(11-14)22-5/h6-7,11-13,17-18H,8-10H2,1-5H3/t13-/m1/s1. The van der Waals surface area contributed by atoms with E-state index in [1.807, 2.05) is 39.0 Å². The molecule has 1 aromatic carbocycles. The Morgan fingerprint density at radius 1 is 1.09 bits per heavy atom. The molecule has 0 saturated carbocycles. The fourth-order valence-electron chi connectivity index (χ4n) is 2.29. The number of sulfonamides is 1. The van der Waals surface area contributed by atoms with Gasteiger partial charge < -0.3 is 14.8 Å². The van der Waals surface area contributed by atoms with E-state index in [2.05, 4.69) is 10.0 Å². The van der Waals surface area contributed by atoms with Gasteiger partial charge in [-0.05, 0) is 44.9 Å². The average Bonchev–Trinajstić information content (AvgIpc) is 2.45. The summed E-state index contributed by atoms with van der Waals surface area (Å²) in [5, 5.41) is 3.24. The Morgan fingerprint density at radius 3 is 2.30 bits per heavy atom. The first-order valence-electron chi connectivity index (χ1n) is 7.71. The van der Waals surface area contributed by atoms with Crippen LogP contribution in [0.2, 0.25) is 0 Å². The van der Waals surface area contributed by atoms with Crippen LogP contribution in [0.15, 0.2) is 18.2 Å². The van der Waals surface area contributed by atoms with Crippen LogP contribution in [-0.2, 0) is 16.4 Å². The summed E-state index contributed by atoms with van der Waals surface area (Å²) in [5.41, 5.74) is 1.10. The summed E-state index contributed by atoms with van der Waals surface area (Å²) in [6.45, 7) is 6.06. The lowest BCUT2D eigenvalue weighted by atomic mass is 10.1. The minimum atomic E-state index is -3.22. The molecule has 2 N–H and O–H groups in total. The third-order valence-corrected chi connectivity index (χ3v) is 4.84. The van der Waals surface area contributed by atoms with Gasteiger partial charge in [0, 0.05) is 18.6 Å². The first-order valence-corrected chi connectivity index (χ1v) is 9.37.